The van der Waals surface area contributed by atoms with Crippen molar-refractivity contribution in [3.8, 4) is 11.1 Å². The number of likely N-dealkylation sites (N-methyl/N-ethyl adjacent to an activating group) is 1. The molecule has 6 heteroatoms. The van der Waals surface area contributed by atoms with Gasteiger partial charge in [0.25, 0.3) is 0 Å². The van der Waals surface area contributed by atoms with Gasteiger partial charge in [-0.3, -0.25) is 0 Å². The predicted molar refractivity (Wildman–Crippen MR) is 142 cm³/mol. The number of piperidine rings is 1. The van der Waals surface area contributed by atoms with E-state index >= 15 is 0 Å². The highest BCUT2D eigenvalue weighted by molar-refractivity contribution is 5.75. The summed E-state index contributed by atoms with van der Waals surface area (Å²) in [6.45, 7) is 6.77. The first-order valence-corrected chi connectivity index (χ1v) is 13.0. The molecule has 0 spiro atoms. The summed E-state index contributed by atoms with van der Waals surface area (Å²) in [6, 6.07) is 16.6. The van der Waals surface area contributed by atoms with Gasteiger partial charge in [-0.1, -0.05) is 48.5 Å². The quantitative estimate of drug-likeness (QED) is 0.407. The summed E-state index contributed by atoms with van der Waals surface area (Å²) >= 11 is 0. The maximum absolute atomic E-state index is 13.0. The van der Waals surface area contributed by atoms with Crippen molar-refractivity contribution in [3.05, 3.63) is 59.7 Å². The first-order chi connectivity index (χ1) is 16.9. The van der Waals surface area contributed by atoms with Crippen LogP contribution in [0.3, 0.4) is 0 Å². The molecule has 1 heterocycles. The molecule has 3 rings (SSSR count). The maximum atomic E-state index is 13.0. The van der Waals surface area contributed by atoms with E-state index < -0.39 is 5.60 Å². The molecule has 3 unspecified atom stereocenters. The smallest absolute Gasteiger partial charge is 0.317 e. The lowest BCUT2D eigenvalue weighted by Gasteiger charge is -2.44. The number of ether oxygens (including phenoxy) is 1. The average molecular weight is 482 g/mol. The Morgan fingerprint density at radius 3 is 2.60 bits per heavy atom. The van der Waals surface area contributed by atoms with E-state index in [-0.39, 0.29) is 18.0 Å². The number of amides is 2. The standard InChI is InChI=1S/C29H43N3O3/c1-22-12-5-6-14-25(22)26-15-7-8-16-27(26)29(34,17-9-10-19-35-4)24-13-11-18-32(21-24)28(33)31-23(2)20-30-3/h5-8,12,14-16,23-24,30,34H,9-11,13,17-21H2,1-4H3,(H,31,33). The van der Waals surface area contributed by atoms with Crippen LogP contribution in [0.15, 0.2) is 48.5 Å². The fourth-order valence-electron chi connectivity index (χ4n) is 5.38. The second kappa shape index (κ2) is 13.1. The Hall–Kier alpha value is -2.41. The summed E-state index contributed by atoms with van der Waals surface area (Å²) < 4.78 is 5.27. The normalized spacial score (nSPS) is 18.7. The molecule has 0 aromatic heterocycles. The fourth-order valence-corrected chi connectivity index (χ4v) is 5.38. The molecule has 6 nitrogen and oxygen atoms in total. The molecule has 1 aliphatic rings. The Labute approximate surface area is 211 Å². The minimum atomic E-state index is -1.04. The summed E-state index contributed by atoms with van der Waals surface area (Å²) in [5, 5.41) is 18.7. The van der Waals surface area contributed by atoms with Gasteiger partial charge in [0, 0.05) is 45.3 Å². The van der Waals surface area contributed by atoms with Crippen LogP contribution in [0.2, 0.25) is 0 Å². The Morgan fingerprint density at radius 1 is 1.17 bits per heavy atom. The highest BCUT2D eigenvalue weighted by Gasteiger charge is 2.42. The molecule has 0 bridgehead atoms. The number of benzene rings is 2. The monoisotopic (exact) mass is 481 g/mol. The van der Waals surface area contributed by atoms with Crippen molar-refractivity contribution in [1.82, 2.24) is 15.5 Å². The van der Waals surface area contributed by atoms with Gasteiger partial charge in [-0.25, -0.2) is 4.79 Å². The van der Waals surface area contributed by atoms with Crippen LogP contribution in [0.4, 0.5) is 4.79 Å². The van der Waals surface area contributed by atoms with Crippen molar-refractivity contribution in [2.45, 2.75) is 57.6 Å². The Morgan fingerprint density at radius 2 is 1.89 bits per heavy atom. The molecular weight excluding hydrogens is 438 g/mol. The molecule has 1 aliphatic heterocycles. The lowest BCUT2D eigenvalue weighted by atomic mass is 9.72. The molecule has 35 heavy (non-hydrogen) atoms. The third-order valence-corrected chi connectivity index (χ3v) is 7.25. The van der Waals surface area contributed by atoms with E-state index in [0.717, 1.165) is 48.9 Å². The average Bonchev–Trinajstić information content (AvgIpc) is 2.87. The van der Waals surface area contributed by atoms with Crippen molar-refractivity contribution in [3.63, 3.8) is 0 Å². The van der Waals surface area contributed by atoms with Gasteiger partial charge in [-0.05, 0) is 75.3 Å². The van der Waals surface area contributed by atoms with Gasteiger partial charge >= 0.3 is 6.03 Å². The molecule has 3 atom stereocenters. The zero-order valence-corrected chi connectivity index (χ0v) is 21.8. The van der Waals surface area contributed by atoms with Crippen LogP contribution in [-0.2, 0) is 10.3 Å². The predicted octanol–water partition coefficient (Wildman–Crippen LogP) is 4.70. The highest BCUT2D eigenvalue weighted by Crippen LogP contribution is 2.44. The van der Waals surface area contributed by atoms with Crippen LogP contribution in [-0.4, -0.2) is 62.5 Å². The van der Waals surface area contributed by atoms with E-state index in [1.165, 1.54) is 5.56 Å². The van der Waals surface area contributed by atoms with E-state index in [4.69, 9.17) is 4.74 Å². The van der Waals surface area contributed by atoms with Crippen molar-refractivity contribution in [2.75, 3.05) is 40.4 Å². The van der Waals surface area contributed by atoms with Gasteiger partial charge in [0.2, 0.25) is 0 Å². The molecule has 2 amide bonds. The zero-order valence-electron chi connectivity index (χ0n) is 21.8. The molecule has 1 fully saturated rings. The lowest BCUT2D eigenvalue weighted by Crippen LogP contribution is -2.53. The van der Waals surface area contributed by atoms with Gasteiger partial charge in [-0.15, -0.1) is 0 Å². The van der Waals surface area contributed by atoms with E-state index in [2.05, 4.69) is 47.9 Å². The number of methoxy groups -OCH3 is 1. The number of carbonyl (C=O) groups excluding carboxylic acids is 1. The number of carbonyl (C=O) groups is 1. The van der Waals surface area contributed by atoms with Crippen LogP contribution in [0.5, 0.6) is 0 Å². The van der Waals surface area contributed by atoms with Gasteiger partial charge in [0.15, 0.2) is 0 Å². The SMILES string of the molecule is CNCC(C)NC(=O)N1CCCC(C(O)(CCCCOC)c2ccccc2-c2ccccc2C)C1. The first kappa shape index (κ1) is 27.2. The number of aryl methyl sites for hydroxylation is 1. The Bertz CT molecular complexity index is 950. The number of likely N-dealkylation sites (tertiary alicyclic amines) is 1. The van der Waals surface area contributed by atoms with Crippen LogP contribution in [0, 0.1) is 12.8 Å². The van der Waals surface area contributed by atoms with Crippen molar-refractivity contribution >= 4 is 6.03 Å². The number of hydrogen-bond donors (Lipinski definition) is 3. The van der Waals surface area contributed by atoms with Crippen molar-refractivity contribution in [2.24, 2.45) is 5.92 Å². The molecule has 1 saturated heterocycles. The van der Waals surface area contributed by atoms with E-state index in [0.29, 0.717) is 26.1 Å². The number of aliphatic hydroxyl groups is 1. The van der Waals surface area contributed by atoms with Crippen molar-refractivity contribution in [1.29, 1.82) is 0 Å². The van der Waals surface area contributed by atoms with Crippen LogP contribution < -0.4 is 10.6 Å². The highest BCUT2D eigenvalue weighted by atomic mass is 16.5. The molecular formula is C29H43N3O3. The minimum absolute atomic E-state index is 0.0441. The Balaban J connectivity index is 1.93. The summed E-state index contributed by atoms with van der Waals surface area (Å²) in [5.41, 5.74) is 3.32. The summed E-state index contributed by atoms with van der Waals surface area (Å²) in [6.07, 6.45) is 4.15. The number of urea groups is 1. The summed E-state index contributed by atoms with van der Waals surface area (Å²) in [4.78, 5) is 14.9. The van der Waals surface area contributed by atoms with E-state index in [1.54, 1.807) is 7.11 Å². The minimum Gasteiger partial charge on any atom is -0.385 e. The van der Waals surface area contributed by atoms with Gasteiger partial charge in [0.05, 0.1) is 5.60 Å². The molecule has 0 radical (unpaired) electrons. The van der Waals surface area contributed by atoms with Crippen LogP contribution >= 0.6 is 0 Å². The third-order valence-electron chi connectivity index (χ3n) is 7.25. The number of rotatable bonds is 11. The van der Waals surface area contributed by atoms with Crippen molar-refractivity contribution < 1.29 is 14.6 Å². The molecule has 3 N–H and O–H groups in total. The number of nitrogens with zero attached hydrogens (tertiary/aromatic N) is 1. The topological polar surface area (TPSA) is 73.8 Å². The number of hydrogen-bond acceptors (Lipinski definition) is 4. The lowest BCUT2D eigenvalue weighted by molar-refractivity contribution is -0.0559. The van der Waals surface area contributed by atoms with Gasteiger partial charge < -0.3 is 25.4 Å². The van der Waals surface area contributed by atoms with E-state index in [9.17, 15) is 9.90 Å². The van der Waals surface area contributed by atoms with E-state index in [1.807, 2.05) is 37.1 Å². The largest absolute Gasteiger partial charge is 0.385 e. The Kier molecular flexibility index (Phi) is 10.1. The molecule has 2 aromatic rings. The first-order valence-electron chi connectivity index (χ1n) is 13.0. The summed E-state index contributed by atoms with van der Waals surface area (Å²) in [7, 11) is 3.60. The number of nitrogens with one attached hydrogen (secondary N) is 2. The van der Waals surface area contributed by atoms with Gasteiger partial charge in [-0.2, -0.15) is 0 Å². The summed E-state index contributed by atoms with van der Waals surface area (Å²) in [5.74, 6) is -0.0469. The second-order valence-corrected chi connectivity index (χ2v) is 9.93. The molecule has 2 aromatic carbocycles. The molecule has 0 saturated carbocycles. The van der Waals surface area contributed by atoms with Gasteiger partial charge in [0.1, 0.15) is 0 Å². The van der Waals surface area contributed by atoms with Crippen LogP contribution in [0.1, 0.15) is 50.2 Å². The maximum Gasteiger partial charge on any atom is 0.317 e. The van der Waals surface area contributed by atoms with Crippen LogP contribution in [0.25, 0.3) is 11.1 Å². The zero-order chi connectivity index (χ0) is 25.3. The number of unbranched alkanes of at least 4 members (excludes halogenated alkanes) is 1. The molecule has 192 valence electrons. The second-order valence-electron chi connectivity index (χ2n) is 9.93. The molecule has 0 aliphatic carbocycles. The third kappa shape index (κ3) is 6.84. The fraction of sp³-hybridized carbons (Fsp3) is 0.552.